The van der Waals surface area contributed by atoms with Crippen molar-refractivity contribution in [2.24, 2.45) is 14.1 Å². The van der Waals surface area contributed by atoms with Crippen LogP contribution in [0.3, 0.4) is 0 Å². The van der Waals surface area contributed by atoms with Gasteiger partial charge in [0, 0.05) is 20.5 Å². The molecule has 0 aliphatic heterocycles. The van der Waals surface area contributed by atoms with E-state index in [2.05, 4.69) is 5.32 Å². The molecule has 0 radical (unpaired) electrons. The number of sulfone groups is 1. The minimum Gasteiger partial charge on any atom is -0.495 e. The quantitative estimate of drug-likeness (QED) is 0.583. The summed E-state index contributed by atoms with van der Waals surface area (Å²) in [4.78, 5) is 36.1. The van der Waals surface area contributed by atoms with E-state index in [0.717, 1.165) is 4.57 Å². The summed E-state index contributed by atoms with van der Waals surface area (Å²) >= 11 is 0. The molecular weight excluding hydrogens is 410 g/mol. The van der Waals surface area contributed by atoms with Crippen LogP contribution in [-0.2, 0) is 28.7 Å². The summed E-state index contributed by atoms with van der Waals surface area (Å²) in [6.45, 7) is 0. The first-order chi connectivity index (χ1) is 14.2. The molecule has 0 aliphatic rings. The van der Waals surface area contributed by atoms with Crippen molar-refractivity contribution >= 4 is 32.5 Å². The highest BCUT2D eigenvalue weighted by molar-refractivity contribution is 7.91. The molecule has 0 bridgehead atoms. The number of benzene rings is 2. The van der Waals surface area contributed by atoms with Gasteiger partial charge in [-0.05, 0) is 30.3 Å². The monoisotopic (exact) mass is 431 g/mol. The smallest absolute Gasteiger partial charge is 0.316 e. The molecule has 1 heterocycles. The number of amides is 1. The first kappa shape index (κ1) is 21.3. The molecule has 2 aromatic carbocycles. The summed E-state index contributed by atoms with van der Waals surface area (Å²) in [7, 11) is 0.521. The number of nitrogens with zero attached hydrogens (tertiary/aromatic N) is 2. The van der Waals surface area contributed by atoms with Gasteiger partial charge in [0.2, 0.25) is 5.91 Å². The normalized spacial score (nSPS) is 11.4. The molecule has 9 nitrogen and oxygen atoms in total. The van der Waals surface area contributed by atoms with Gasteiger partial charge in [-0.25, -0.2) is 8.42 Å². The topological polar surface area (TPSA) is 116 Å². The van der Waals surface area contributed by atoms with E-state index in [4.69, 9.17) is 4.74 Å². The number of rotatable bonds is 6. The van der Waals surface area contributed by atoms with Crippen LogP contribution in [0.15, 0.2) is 56.9 Å². The molecule has 30 heavy (non-hydrogen) atoms. The molecule has 10 heteroatoms. The van der Waals surface area contributed by atoms with Gasteiger partial charge in [0.15, 0.2) is 9.84 Å². The van der Waals surface area contributed by atoms with E-state index in [1.807, 2.05) is 0 Å². The lowest BCUT2D eigenvalue weighted by Crippen LogP contribution is -2.39. The van der Waals surface area contributed by atoms with Gasteiger partial charge in [-0.15, -0.1) is 0 Å². The summed E-state index contributed by atoms with van der Waals surface area (Å²) in [5, 5.41) is 2.63. The molecule has 0 saturated carbocycles. The zero-order chi connectivity index (χ0) is 22.1. The fraction of sp³-hybridized carbons (Fsp3) is 0.250. The van der Waals surface area contributed by atoms with Crippen LogP contribution in [0.4, 0.5) is 5.69 Å². The first-order valence-electron chi connectivity index (χ1n) is 9.01. The number of carbonyl (C=O) groups is 1. The summed E-state index contributed by atoms with van der Waals surface area (Å²) in [5.41, 5.74) is -0.273. The number of fused-ring (bicyclic) bond motifs is 1. The number of methoxy groups -OCH3 is 1. The van der Waals surface area contributed by atoms with Crippen molar-refractivity contribution in [2.75, 3.05) is 18.2 Å². The van der Waals surface area contributed by atoms with Gasteiger partial charge in [-0.3, -0.25) is 14.4 Å². The SMILES string of the molecule is COc1ccccc1NC(=O)CCS(=O)(=O)c1ccc2c(c1)n(C)c(=O)c(=O)n2C. The molecule has 1 aromatic heterocycles. The van der Waals surface area contributed by atoms with Gasteiger partial charge in [-0.1, -0.05) is 12.1 Å². The van der Waals surface area contributed by atoms with Gasteiger partial charge in [0.05, 0.1) is 34.5 Å². The number of carbonyl (C=O) groups excluding carboxylic acids is 1. The predicted molar refractivity (Wildman–Crippen MR) is 113 cm³/mol. The number of aryl methyl sites for hydroxylation is 2. The van der Waals surface area contributed by atoms with Crippen molar-refractivity contribution in [1.82, 2.24) is 9.13 Å². The third kappa shape index (κ3) is 3.99. The highest BCUT2D eigenvalue weighted by Gasteiger charge is 2.19. The standard InChI is InChI=1S/C20H21N3O6S/c1-22-15-9-8-13(12-16(15)23(2)20(26)19(22)25)30(27,28)11-10-18(24)21-14-6-4-5-7-17(14)29-3/h4-9,12H,10-11H2,1-3H3,(H,21,24). The van der Waals surface area contributed by atoms with Crippen molar-refractivity contribution in [3.63, 3.8) is 0 Å². The number of anilines is 1. The molecule has 3 aromatic rings. The van der Waals surface area contributed by atoms with Crippen molar-refractivity contribution in [3.05, 3.63) is 63.2 Å². The molecule has 0 fully saturated rings. The molecular formula is C20H21N3O6S. The van der Waals surface area contributed by atoms with Crippen LogP contribution < -0.4 is 21.2 Å². The van der Waals surface area contributed by atoms with E-state index < -0.39 is 32.6 Å². The average molecular weight is 431 g/mol. The molecule has 1 N–H and O–H groups in total. The Morgan fingerprint density at radius 2 is 1.63 bits per heavy atom. The maximum atomic E-state index is 12.7. The van der Waals surface area contributed by atoms with Crippen LogP contribution >= 0.6 is 0 Å². The lowest BCUT2D eigenvalue weighted by Gasteiger charge is -2.12. The van der Waals surface area contributed by atoms with Crippen LogP contribution in [-0.4, -0.2) is 36.3 Å². The number of ether oxygens (including phenoxy) is 1. The zero-order valence-electron chi connectivity index (χ0n) is 16.7. The Balaban J connectivity index is 1.83. The number of hydrogen-bond acceptors (Lipinski definition) is 6. The van der Waals surface area contributed by atoms with E-state index in [1.165, 1.54) is 44.0 Å². The van der Waals surface area contributed by atoms with Crippen molar-refractivity contribution < 1.29 is 17.9 Å². The predicted octanol–water partition coefficient (Wildman–Crippen LogP) is 1.05. The second-order valence-corrected chi connectivity index (χ2v) is 8.81. The summed E-state index contributed by atoms with van der Waals surface area (Å²) in [6.07, 6.45) is -0.259. The van der Waals surface area contributed by atoms with E-state index in [9.17, 15) is 22.8 Å². The maximum Gasteiger partial charge on any atom is 0.316 e. The van der Waals surface area contributed by atoms with E-state index in [1.54, 1.807) is 24.3 Å². The second kappa shape index (κ2) is 8.15. The Morgan fingerprint density at radius 3 is 2.30 bits per heavy atom. The molecule has 0 unspecified atom stereocenters. The highest BCUT2D eigenvalue weighted by Crippen LogP contribution is 2.23. The summed E-state index contributed by atoms with van der Waals surface area (Å²) in [5.74, 6) is -0.424. The third-order valence-electron chi connectivity index (χ3n) is 4.80. The number of hydrogen-bond donors (Lipinski definition) is 1. The van der Waals surface area contributed by atoms with Crippen LogP contribution in [0.5, 0.6) is 5.75 Å². The fourth-order valence-corrected chi connectivity index (χ4v) is 4.32. The van der Waals surface area contributed by atoms with Gasteiger partial charge >= 0.3 is 11.1 Å². The van der Waals surface area contributed by atoms with Gasteiger partial charge in [0.25, 0.3) is 0 Å². The van der Waals surface area contributed by atoms with Crippen molar-refractivity contribution in [3.8, 4) is 5.75 Å². The number of aromatic nitrogens is 2. The molecule has 158 valence electrons. The minimum atomic E-state index is -3.80. The molecule has 0 saturated heterocycles. The minimum absolute atomic E-state index is 0.0336. The van der Waals surface area contributed by atoms with Gasteiger partial charge in [0.1, 0.15) is 5.75 Å². The lowest BCUT2D eigenvalue weighted by molar-refractivity contribution is -0.115. The average Bonchev–Trinajstić information content (AvgIpc) is 2.74. The largest absolute Gasteiger partial charge is 0.495 e. The Labute approximate surface area is 172 Å². The third-order valence-corrected chi connectivity index (χ3v) is 6.51. The van der Waals surface area contributed by atoms with Gasteiger partial charge < -0.3 is 19.2 Å². The summed E-state index contributed by atoms with van der Waals surface area (Å²) < 4.78 is 32.9. The van der Waals surface area contributed by atoms with E-state index >= 15 is 0 Å². The molecule has 3 rings (SSSR count). The molecule has 0 spiro atoms. The zero-order valence-corrected chi connectivity index (χ0v) is 17.5. The van der Waals surface area contributed by atoms with Crippen molar-refractivity contribution in [1.29, 1.82) is 0 Å². The van der Waals surface area contributed by atoms with Crippen LogP contribution in [0.25, 0.3) is 11.0 Å². The maximum absolute atomic E-state index is 12.7. The van der Waals surface area contributed by atoms with E-state index in [0.29, 0.717) is 22.5 Å². The van der Waals surface area contributed by atoms with Crippen LogP contribution in [0, 0.1) is 0 Å². The van der Waals surface area contributed by atoms with Crippen LogP contribution in [0.1, 0.15) is 6.42 Å². The Kier molecular flexibility index (Phi) is 5.79. The highest BCUT2D eigenvalue weighted by atomic mass is 32.2. The Morgan fingerprint density at radius 1 is 1.00 bits per heavy atom. The fourth-order valence-electron chi connectivity index (χ4n) is 3.06. The number of para-hydroxylation sites is 2. The molecule has 1 amide bonds. The molecule has 0 atom stereocenters. The second-order valence-electron chi connectivity index (χ2n) is 6.70. The first-order valence-corrected chi connectivity index (χ1v) is 10.7. The Bertz CT molecular complexity index is 1360. The summed E-state index contributed by atoms with van der Waals surface area (Å²) in [6, 6.07) is 11.0. The van der Waals surface area contributed by atoms with Crippen molar-refractivity contribution in [2.45, 2.75) is 11.3 Å². The Hall–Kier alpha value is -3.40. The van der Waals surface area contributed by atoms with Crippen LogP contribution in [0.2, 0.25) is 0 Å². The molecule has 0 aliphatic carbocycles. The number of nitrogens with one attached hydrogen (secondary N) is 1. The van der Waals surface area contributed by atoms with E-state index in [-0.39, 0.29) is 11.3 Å². The van der Waals surface area contributed by atoms with Gasteiger partial charge in [-0.2, -0.15) is 0 Å². The lowest BCUT2D eigenvalue weighted by atomic mass is 10.3.